The van der Waals surface area contributed by atoms with E-state index in [2.05, 4.69) is 252 Å². The number of aromatic nitrogens is 2. The summed E-state index contributed by atoms with van der Waals surface area (Å²) in [6.07, 6.45) is 0. The maximum Gasteiger partial charge on any atom is 0.0720 e. The Balaban J connectivity index is 1.01. The van der Waals surface area contributed by atoms with Crippen LogP contribution in [0.4, 0.5) is 0 Å². The summed E-state index contributed by atoms with van der Waals surface area (Å²) in [5.41, 5.74) is 22.1. The van der Waals surface area contributed by atoms with Gasteiger partial charge in [-0.15, -0.1) is 0 Å². The molecule has 0 N–H and O–H groups in total. The van der Waals surface area contributed by atoms with Crippen LogP contribution in [0.15, 0.2) is 243 Å². The molecule has 3 aliphatic carbocycles. The minimum absolute atomic E-state index is 0.487. The van der Waals surface area contributed by atoms with Gasteiger partial charge in [-0.25, -0.2) is 0 Å². The lowest BCUT2D eigenvalue weighted by Crippen LogP contribution is -2.43. The van der Waals surface area contributed by atoms with Crippen molar-refractivity contribution in [3.8, 4) is 33.6 Å². The van der Waals surface area contributed by atoms with Crippen LogP contribution in [0.5, 0.6) is 0 Å². The number of rotatable bonds is 2. The summed E-state index contributed by atoms with van der Waals surface area (Å²) in [6.45, 7) is 0. The van der Waals surface area contributed by atoms with Crippen LogP contribution in [0.2, 0.25) is 0 Å². The fraction of sp³-hybridized carbons (Fsp3) is 0.0303. The smallest absolute Gasteiger partial charge is 0.0720 e. The Morgan fingerprint density at radius 3 is 1.16 bits per heavy atom. The largest absolute Gasteiger partial charge is 0.309 e. The highest BCUT2D eigenvalue weighted by atomic mass is 15.0. The Bertz CT molecular complexity index is 4180. The first kappa shape index (κ1) is 36.5. The van der Waals surface area contributed by atoms with Gasteiger partial charge in [0, 0.05) is 32.9 Å². The van der Waals surface area contributed by atoms with Crippen molar-refractivity contribution in [2.24, 2.45) is 0 Å². The van der Waals surface area contributed by atoms with Crippen LogP contribution in [-0.2, 0) is 10.8 Å². The van der Waals surface area contributed by atoms with Gasteiger partial charge in [-0.05, 0) is 132 Å². The fourth-order valence-corrected chi connectivity index (χ4v) is 13.7. The van der Waals surface area contributed by atoms with Crippen LogP contribution >= 0.6 is 0 Å². The molecule has 0 amide bonds. The van der Waals surface area contributed by atoms with E-state index in [-0.39, 0.29) is 0 Å². The van der Waals surface area contributed by atoms with Crippen LogP contribution in [0.25, 0.3) is 88.0 Å². The molecule has 2 heteroatoms. The topological polar surface area (TPSA) is 9.86 Å². The highest BCUT2D eigenvalue weighted by molar-refractivity contribution is 6.22. The molecule has 0 saturated carbocycles. The molecule has 0 radical (unpaired) electrons. The van der Waals surface area contributed by atoms with E-state index in [4.69, 9.17) is 0 Å². The van der Waals surface area contributed by atoms with Gasteiger partial charge in [0.1, 0.15) is 0 Å². The predicted molar refractivity (Wildman–Crippen MR) is 281 cm³/mol. The van der Waals surface area contributed by atoms with Crippen LogP contribution in [0, 0.1) is 0 Å². The monoisotopic (exact) mass is 860 g/mol. The van der Waals surface area contributed by atoms with Crippen LogP contribution in [-0.4, -0.2) is 9.13 Å². The third-order valence-corrected chi connectivity index (χ3v) is 16.2. The van der Waals surface area contributed by atoms with E-state index in [9.17, 15) is 0 Å². The first-order valence-corrected chi connectivity index (χ1v) is 23.8. The van der Waals surface area contributed by atoms with Crippen LogP contribution < -0.4 is 0 Å². The number of benzene rings is 11. The average Bonchev–Trinajstić information content (AvgIpc) is 4.11. The maximum absolute atomic E-state index is 2.59. The molecule has 2 spiro atoms. The molecule has 3 aliphatic rings. The zero-order chi connectivity index (χ0) is 44.3. The van der Waals surface area contributed by atoms with Gasteiger partial charge in [0.25, 0.3) is 0 Å². The molecule has 0 aliphatic heterocycles. The Morgan fingerprint density at radius 1 is 0.235 bits per heavy atom. The summed E-state index contributed by atoms with van der Waals surface area (Å²) in [4.78, 5) is 0. The molecule has 2 nitrogen and oxygen atoms in total. The van der Waals surface area contributed by atoms with Crippen LogP contribution in [0.3, 0.4) is 0 Å². The Morgan fingerprint density at radius 2 is 0.632 bits per heavy atom. The summed E-state index contributed by atoms with van der Waals surface area (Å²) < 4.78 is 4.95. The Hall–Kier alpha value is -8.72. The second kappa shape index (κ2) is 13.0. The van der Waals surface area contributed by atoms with Crippen molar-refractivity contribution in [1.29, 1.82) is 0 Å². The fourth-order valence-electron chi connectivity index (χ4n) is 13.7. The van der Waals surface area contributed by atoms with Crippen molar-refractivity contribution in [1.82, 2.24) is 9.13 Å². The minimum Gasteiger partial charge on any atom is -0.309 e. The maximum atomic E-state index is 2.59. The number of hydrogen-bond acceptors (Lipinski definition) is 0. The lowest BCUT2D eigenvalue weighted by atomic mass is 9.52. The SMILES string of the molecule is c1ccc2c(c1)-c1ccccc1C21c2ccccc2C2(c3ccccc3-c3cc4c5c6ccccc6ccc5n(-c5ccc(-n6c7ccccc7c7ccccc76)cc5)c4cc32)c2ccccc21. The van der Waals surface area contributed by atoms with Crippen molar-refractivity contribution >= 4 is 54.4 Å². The zero-order valence-corrected chi connectivity index (χ0v) is 37.0. The molecule has 0 unspecified atom stereocenters. The first-order chi connectivity index (χ1) is 33.8. The number of nitrogens with zero attached hydrogens (tertiary/aromatic N) is 2. The van der Waals surface area contributed by atoms with Crippen molar-refractivity contribution in [2.45, 2.75) is 10.8 Å². The van der Waals surface area contributed by atoms with Gasteiger partial charge in [-0.2, -0.15) is 0 Å². The van der Waals surface area contributed by atoms with E-state index in [0.29, 0.717) is 0 Å². The summed E-state index contributed by atoms with van der Waals surface area (Å²) in [7, 11) is 0. The van der Waals surface area contributed by atoms with E-state index in [1.807, 2.05) is 0 Å². The minimum atomic E-state index is -0.589. The molecule has 0 bridgehead atoms. The first-order valence-electron chi connectivity index (χ1n) is 23.8. The van der Waals surface area contributed by atoms with Gasteiger partial charge in [0.05, 0.1) is 32.9 Å². The van der Waals surface area contributed by atoms with Crippen molar-refractivity contribution in [3.05, 3.63) is 287 Å². The number of fused-ring (bicyclic) bond motifs is 24. The van der Waals surface area contributed by atoms with Crippen molar-refractivity contribution in [3.63, 3.8) is 0 Å². The molecule has 0 fully saturated rings. The highest BCUT2D eigenvalue weighted by Crippen LogP contribution is 2.67. The van der Waals surface area contributed by atoms with Gasteiger partial charge in [0.15, 0.2) is 0 Å². The van der Waals surface area contributed by atoms with E-state index < -0.39 is 10.8 Å². The second-order valence-corrected chi connectivity index (χ2v) is 19.0. The zero-order valence-electron chi connectivity index (χ0n) is 37.0. The summed E-state index contributed by atoms with van der Waals surface area (Å²) in [5, 5.41) is 7.60. The van der Waals surface area contributed by atoms with E-state index in [0.717, 1.165) is 11.4 Å². The summed E-state index contributed by atoms with van der Waals surface area (Å²) in [6, 6.07) is 91.9. The van der Waals surface area contributed by atoms with Gasteiger partial charge >= 0.3 is 0 Å². The second-order valence-electron chi connectivity index (χ2n) is 19.0. The molecule has 68 heavy (non-hydrogen) atoms. The van der Waals surface area contributed by atoms with Crippen LogP contribution in [0.1, 0.15) is 44.5 Å². The molecule has 0 atom stereocenters. The van der Waals surface area contributed by atoms with E-state index in [1.54, 1.807) is 0 Å². The van der Waals surface area contributed by atoms with E-state index >= 15 is 0 Å². The Labute approximate surface area is 393 Å². The molecule has 2 aromatic heterocycles. The summed E-state index contributed by atoms with van der Waals surface area (Å²) in [5.74, 6) is 0. The van der Waals surface area contributed by atoms with Crippen molar-refractivity contribution < 1.29 is 0 Å². The molecule has 314 valence electrons. The third-order valence-electron chi connectivity index (χ3n) is 16.2. The number of para-hydroxylation sites is 2. The molecular formula is C66H40N2. The molecule has 11 aromatic carbocycles. The molecule has 2 heterocycles. The highest BCUT2D eigenvalue weighted by Gasteiger charge is 2.59. The quantitative estimate of drug-likeness (QED) is 0.164. The number of hydrogen-bond donors (Lipinski definition) is 0. The molecular weight excluding hydrogens is 821 g/mol. The van der Waals surface area contributed by atoms with Gasteiger partial charge in [-0.1, -0.05) is 188 Å². The standard InChI is InChI=1S/C66H40N2/c1-2-18-44-41(17-1)33-38-62-64(44)51-39-50-47-21-5-10-26-54(47)66(59(50)40-63(51)68(62)43-36-34-42(35-37-43)67-60-31-15-6-22-48(60)49-23-7-16-32-61(49)67)57-29-13-11-27-55(57)65(56-28-12-14-30-58(56)66)52-24-8-3-19-45(52)46-20-4-9-25-53(46)65/h1-40H. The van der Waals surface area contributed by atoms with Gasteiger partial charge < -0.3 is 9.13 Å². The lowest BCUT2D eigenvalue weighted by Gasteiger charge is -2.48. The normalized spacial score (nSPS) is 14.4. The predicted octanol–water partition coefficient (Wildman–Crippen LogP) is 16.1. The third kappa shape index (κ3) is 4.26. The molecule has 0 saturated heterocycles. The Kier molecular flexibility index (Phi) is 6.98. The van der Waals surface area contributed by atoms with Gasteiger partial charge in [-0.3, -0.25) is 0 Å². The lowest BCUT2D eigenvalue weighted by molar-refractivity contribution is 0.633. The van der Waals surface area contributed by atoms with E-state index in [1.165, 1.54) is 121 Å². The van der Waals surface area contributed by atoms with Gasteiger partial charge in [0.2, 0.25) is 0 Å². The average molecular weight is 861 g/mol. The van der Waals surface area contributed by atoms with Crippen molar-refractivity contribution in [2.75, 3.05) is 0 Å². The molecule has 16 rings (SSSR count). The molecule has 13 aromatic rings. The summed E-state index contributed by atoms with van der Waals surface area (Å²) >= 11 is 0.